The Bertz CT molecular complexity index is 530. The van der Waals surface area contributed by atoms with Crippen LogP contribution in [0.15, 0.2) is 33.4 Å². The maximum absolute atomic E-state index is 14.1. The number of hydrogen-bond donors (Lipinski definition) is 1. The van der Waals surface area contributed by atoms with Crippen molar-refractivity contribution in [3.05, 3.63) is 55.4 Å². The fraction of sp³-hybridized carbons (Fsp3) is 0.231. The van der Waals surface area contributed by atoms with Crippen LogP contribution >= 0.6 is 38.9 Å². The van der Waals surface area contributed by atoms with Crippen LogP contribution in [-0.4, -0.2) is 6.54 Å². The van der Waals surface area contributed by atoms with E-state index in [1.165, 1.54) is 6.07 Å². The van der Waals surface area contributed by atoms with E-state index in [1.807, 2.05) is 23.8 Å². The second-order valence-corrected chi connectivity index (χ2v) is 5.88. The summed E-state index contributed by atoms with van der Waals surface area (Å²) < 4.78 is 14.6. The van der Waals surface area contributed by atoms with Crippen LogP contribution in [0.1, 0.15) is 24.1 Å². The summed E-state index contributed by atoms with van der Waals surface area (Å²) in [6.07, 6.45) is 0. The molecule has 96 valence electrons. The molecule has 18 heavy (non-hydrogen) atoms. The van der Waals surface area contributed by atoms with Crippen LogP contribution in [0.25, 0.3) is 0 Å². The first-order chi connectivity index (χ1) is 8.63. The summed E-state index contributed by atoms with van der Waals surface area (Å²) >= 11 is 10.9. The van der Waals surface area contributed by atoms with Crippen LogP contribution in [0.3, 0.4) is 0 Å². The Morgan fingerprint density at radius 1 is 1.50 bits per heavy atom. The molecule has 0 amide bonds. The molecule has 2 rings (SSSR count). The van der Waals surface area contributed by atoms with Gasteiger partial charge in [-0.1, -0.05) is 18.5 Å². The SMILES string of the molecule is CCNC(c1ccsc1)c1cc(Cl)c(Br)cc1F. The van der Waals surface area contributed by atoms with Crippen LogP contribution in [-0.2, 0) is 0 Å². The molecule has 1 aromatic carbocycles. The minimum atomic E-state index is -0.261. The molecule has 5 heteroatoms. The van der Waals surface area contributed by atoms with Gasteiger partial charge in [0.15, 0.2) is 0 Å². The molecule has 0 bridgehead atoms. The van der Waals surface area contributed by atoms with E-state index >= 15 is 0 Å². The minimum absolute atomic E-state index is 0.160. The molecule has 0 aliphatic rings. The topological polar surface area (TPSA) is 12.0 Å². The number of thiophene rings is 1. The molecule has 2 aromatic rings. The van der Waals surface area contributed by atoms with E-state index < -0.39 is 0 Å². The fourth-order valence-corrected chi connectivity index (χ4v) is 2.98. The Balaban J connectivity index is 2.46. The van der Waals surface area contributed by atoms with Crippen molar-refractivity contribution in [1.29, 1.82) is 0 Å². The first-order valence-electron chi connectivity index (χ1n) is 5.53. The van der Waals surface area contributed by atoms with Crippen LogP contribution in [0, 0.1) is 5.82 Å². The third-order valence-electron chi connectivity index (χ3n) is 2.64. The largest absolute Gasteiger partial charge is 0.306 e. The van der Waals surface area contributed by atoms with Gasteiger partial charge in [0.1, 0.15) is 5.82 Å². The van der Waals surface area contributed by atoms with Crippen molar-refractivity contribution >= 4 is 38.9 Å². The van der Waals surface area contributed by atoms with E-state index in [-0.39, 0.29) is 11.9 Å². The van der Waals surface area contributed by atoms with Crippen LogP contribution < -0.4 is 5.32 Å². The van der Waals surface area contributed by atoms with E-state index in [1.54, 1.807) is 17.4 Å². The molecule has 0 saturated carbocycles. The van der Waals surface area contributed by atoms with Gasteiger partial charge in [0.05, 0.1) is 11.1 Å². The fourth-order valence-electron chi connectivity index (χ4n) is 1.81. The Morgan fingerprint density at radius 2 is 2.28 bits per heavy atom. The Labute approximate surface area is 123 Å². The number of benzene rings is 1. The molecular formula is C13H12BrClFNS. The van der Waals surface area contributed by atoms with E-state index in [0.717, 1.165) is 12.1 Å². The summed E-state index contributed by atoms with van der Waals surface area (Å²) in [7, 11) is 0. The van der Waals surface area contributed by atoms with Crippen LogP contribution in [0.4, 0.5) is 4.39 Å². The highest BCUT2D eigenvalue weighted by atomic mass is 79.9. The standard InChI is InChI=1S/C13H12BrClFNS/c1-2-17-13(8-3-4-18-7-8)9-5-11(15)10(14)6-12(9)16/h3-7,13,17H,2H2,1H3. The molecule has 0 spiro atoms. The van der Waals surface area contributed by atoms with Gasteiger partial charge in [0.2, 0.25) is 0 Å². The maximum atomic E-state index is 14.1. The lowest BCUT2D eigenvalue weighted by Gasteiger charge is -2.18. The lowest BCUT2D eigenvalue weighted by molar-refractivity contribution is 0.559. The molecule has 1 heterocycles. The van der Waals surface area contributed by atoms with E-state index in [4.69, 9.17) is 11.6 Å². The zero-order chi connectivity index (χ0) is 13.1. The Morgan fingerprint density at radius 3 is 2.89 bits per heavy atom. The molecule has 1 aromatic heterocycles. The quantitative estimate of drug-likeness (QED) is 0.767. The van der Waals surface area contributed by atoms with Gasteiger partial charge in [0, 0.05) is 10.0 Å². The van der Waals surface area contributed by atoms with Crippen LogP contribution in [0.5, 0.6) is 0 Å². The second kappa shape index (κ2) is 6.15. The molecule has 1 N–H and O–H groups in total. The maximum Gasteiger partial charge on any atom is 0.129 e. The molecular weight excluding hydrogens is 337 g/mol. The molecule has 1 nitrogen and oxygen atoms in total. The molecule has 0 aliphatic carbocycles. The number of hydrogen-bond acceptors (Lipinski definition) is 2. The monoisotopic (exact) mass is 347 g/mol. The van der Waals surface area contributed by atoms with Crippen molar-refractivity contribution in [3.63, 3.8) is 0 Å². The Kier molecular flexibility index (Phi) is 4.78. The zero-order valence-corrected chi connectivity index (χ0v) is 12.9. The lowest BCUT2D eigenvalue weighted by atomic mass is 10.0. The lowest BCUT2D eigenvalue weighted by Crippen LogP contribution is -2.22. The molecule has 1 unspecified atom stereocenters. The van der Waals surface area contributed by atoms with Gasteiger partial charge >= 0.3 is 0 Å². The third-order valence-corrected chi connectivity index (χ3v) is 4.53. The van der Waals surface area contributed by atoms with Gasteiger partial charge in [-0.25, -0.2) is 4.39 Å². The summed E-state index contributed by atoms with van der Waals surface area (Å²) in [4.78, 5) is 0. The third kappa shape index (κ3) is 2.94. The van der Waals surface area contributed by atoms with Gasteiger partial charge in [-0.15, -0.1) is 0 Å². The first kappa shape index (κ1) is 14.0. The number of nitrogens with one attached hydrogen (secondary N) is 1. The summed E-state index contributed by atoms with van der Waals surface area (Å²) in [5.41, 5.74) is 1.63. The second-order valence-electron chi connectivity index (χ2n) is 3.84. The highest BCUT2D eigenvalue weighted by Gasteiger charge is 2.19. The number of halogens is 3. The molecule has 1 atom stereocenters. The molecule has 0 saturated heterocycles. The van der Waals surface area contributed by atoms with Crippen molar-refractivity contribution < 1.29 is 4.39 Å². The van der Waals surface area contributed by atoms with E-state index in [2.05, 4.69) is 21.2 Å². The zero-order valence-electron chi connectivity index (χ0n) is 9.71. The first-order valence-corrected chi connectivity index (χ1v) is 7.64. The van der Waals surface area contributed by atoms with Crippen molar-refractivity contribution in [1.82, 2.24) is 5.32 Å². The summed E-state index contributed by atoms with van der Waals surface area (Å²) in [6.45, 7) is 2.76. The van der Waals surface area contributed by atoms with Gasteiger partial charge in [-0.3, -0.25) is 0 Å². The van der Waals surface area contributed by atoms with Gasteiger partial charge in [0.25, 0.3) is 0 Å². The predicted octanol–water partition coefficient (Wildman–Crippen LogP) is 5.00. The smallest absolute Gasteiger partial charge is 0.129 e. The average molecular weight is 349 g/mol. The minimum Gasteiger partial charge on any atom is -0.306 e. The van der Waals surface area contributed by atoms with Gasteiger partial charge in [-0.2, -0.15) is 11.3 Å². The van der Waals surface area contributed by atoms with E-state index in [0.29, 0.717) is 15.1 Å². The highest BCUT2D eigenvalue weighted by molar-refractivity contribution is 9.10. The van der Waals surface area contributed by atoms with Crippen molar-refractivity contribution in [2.24, 2.45) is 0 Å². The van der Waals surface area contributed by atoms with Crippen molar-refractivity contribution in [3.8, 4) is 0 Å². The summed E-state index contributed by atoms with van der Waals surface area (Å²) in [5.74, 6) is -0.261. The summed E-state index contributed by atoms with van der Waals surface area (Å²) in [5, 5.41) is 7.80. The summed E-state index contributed by atoms with van der Waals surface area (Å²) in [6, 6.07) is 4.92. The van der Waals surface area contributed by atoms with Gasteiger partial charge < -0.3 is 5.32 Å². The molecule has 0 fully saturated rings. The average Bonchev–Trinajstić information content (AvgIpc) is 2.85. The van der Waals surface area contributed by atoms with Crippen molar-refractivity contribution in [2.45, 2.75) is 13.0 Å². The number of rotatable bonds is 4. The normalized spacial score (nSPS) is 12.7. The predicted molar refractivity (Wildman–Crippen MR) is 78.9 cm³/mol. The molecule has 0 radical (unpaired) electrons. The van der Waals surface area contributed by atoms with Crippen molar-refractivity contribution in [2.75, 3.05) is 6.54 Å². The van der Waals surface area contributed by atoms with E-state index in [9.17, 15) is 4.39 Å². The van der Waals surface area contributed by atoms with Gasteiger partial charge in [-0.05, 0) is 57.0 Å². The van der Waals surface area contributed by atoms with Crippen LogP contribution in [0.2, 0.25) is 5.02 Å². The highest BCUT2D eigenvalue weighted by Crippen LogP contribution is 2.32. The Hall–Kier alpha value is -0.420. The molecule has 0 aliphatic heterocycles.